The van der Waals surface area contributed by atoms with E-state index in [0.29, 0.717) is 38.1 Å². The highest BCUT2D eigenvalue weighted by Crippen LogP contribution is 2.15. The van der Waals surface area contributed by atoms with E-state index in [0.717, 1.165) is 12.8 Å². The molecule has 9 nitrogen and oxygen atoms in total. The maximum absolute atomic E-state index is 12.0. The Bertz CT molecular complexity index is 689. The largest absolute Gasteiger partial charge is 0.451 e. The fourth-order valence-electron chi connectivity index (χ4n) is 2.74. The Labute approximate surface area is 171 Å². The van der Waals surface area contributed by atoms with Gasteiger partial charge in [-0.1, -0.05) is 43.2 Å². The molecule has 11 heteroatoms. The maximum Gasteiger partial charge on any atom is 0.451 e. The van der Waals surface area contributed by atoms with E-state index in [-0.39, 0.29) is 30.8 Å². The van der Waals surface area contributed by atoms with Crippen molar-refractivity contribution in [1.29, 1.82) is 0 Å². The number of hydrogen-bond donors (Lipinski definition) is 4. The van der Waals surface area contributed by atoms with Gasteiger partial charge in [0.15, 0.2) is 5.82 Å². The molecule has 5 N–H and O–H groups in total. The minimum Gasteiger partial charge on any atom is -0.427 e. The molecule has 1 aromatic carbocycles. The van der Waals surface area contributed by atoms with Crippen molar-refractivity contribution in [2.75, 3.05) is 6.54 Å². The number of nitrogens with two attached hydrogens (primary N) is 1. The van der Waals surface area contributed by atoms with Gasteiger partial charge >= 0.3 is 7.12 Å². The van der Waals surface area contributed by atoms with Gasteiger partial charge in [0, 0.05) is 13.0 Å². The lowest BCUT2D eigenvalue weighted by Gasteiger charge is -2.11. The monoisotopic (exact) mass is 410 g/mol. The topological polar surface area (TPSA) is 139 Å². The van der Waals surface area contributed by atoms with E-state index in [4.69, 9.17) is 15.8 Å². The molecule has 1 atom stereocenters. The summed E-state index contributed by atoms with van der Waals surface area (Å²) in [5, 5.41) is 32.1. The number of hydrogen-bond acceptors (Lipinski definition) is 7. The van der Waals surface area contributed by atoms with E-state index < -0.39 is 7.12 Å². The van der Waals surface area contributed by atoms with Crippen LogP contribution in [0.2, 0.25) is 6.32 Å². The number of aryl methyl sites for hydroxylation is 1. The Balaban J connectivity index is 0.00000392. The van der Waals surface area contributed by atoms with Crippen LogP contribution in [0.1, 0.15) is 43.1 Å². The zero-order valence-corrected chi connectivity index (χ0v) is 16.6. The summed E-state index contributed by atoms with van der Waals surface area (Å²) in [5.74, 6) is 0.481. The minimum absolute atomic E-state index is 0. The molecule has 1 amide bonds. The summed E-state index contributed by atoms with van der Waals surface area (Å²) >= 11 is 0. The third kappa shape index (κ3) is 8.79. The predicted octanol–water partition coefficient (Wildman–Crippen LogP) is 0.487. The summed E-state index contributed by atoms with van der Waals surface area (Å²) in [6.45, 7) is 0.949. The van der Waals surface area contributed by atoms with Gasteiger partial charge in [-0.2, -0.15) is 0 Å². The molecule has 0 saturated carbocycles. The second-order valence-electron chi connectivity index (χ2n) is 6.47. The van der Waals surface area contributed by atoms with Gasteiger partial charge in [0.1, 0.15) is 0 Å². The number of carbonyl (C=O) groups is 1. The first-order valence-electron chi connectivity index (χ1n) is 9.24. The van der Waals surface area contributed by atoms with Crippen molar-refractivity contribution in [2.24, 2.45) is 5.73 Å². The molecule has 0 aliphatic carbocycles. The van der Waals surface area contributed by atoms with Crippen molar-refractivity contribution >= 4 is 25.4 Å². The summed E-state index contributed by atoms with van der Waals surface area (Å²) in [4.78, 5) is 12.0. The van der Waals surface area contributed by atoms with Crippen LogP contribution in [-0.2, 0) is 17.8 Å². The van der Waals surface area contributed by atoms with Gasteiger partial charge in [0.05, 0.1) is 12.6 Å². The van der Waals surface area contributed by atoms with Gasteiger partial charge in [-0.3, -0.25) is 4.79 Å². The molecule has 0 fully saturated rings. The molecule has 2 rings (SSSR count). The van der Waals surface area contributed by atoms with Crippen molar-refractivity contribution in [3.05, 3.63) is 41.7 Å². The second kappa shape index (κ2) is 13.2. The van der Waals surface area contributed by atoms with Gasteiger partial charge in [-0.15, -0.1) is 17.5 Å². The predicted molar refractivity (Wildman–Crippen MR) is 109 cm³/mol. The van der Waals surface area contributed by atoms with E-state index in [1.54, 1.807) is 4.68 Å². The lowest BCUT2D eigenvalue weighted by molar-refractivity contribution is -0.121. The molecule has 0 spiro atoms. The molecule has 0 aliphatic rings. The lowest BCUT2D eigenvalue weighted by atomic mass is 9.83. The zero-order chi connectivity index (χ0) is 19.5. The molecule has 1 heterocycles. The summed E-state index contributed by atoms with van der Waals surface area (Å²) in [6, 6.07) is 9.63. The lowest BCUT2D eigenvalue weighted by Crippen LogP contribution is -2.27. The van der Waals surface area contributed by atoms with Crippen LogP contribution in [0.25, 0.3) is 0 Å². The average molecular weight is 411 g/mol. The third-order valence-electron chi connectivity index (χ3n) is 4.25. The van der Waals surface area contributed by atoms with Crippen molar-refractivity contribution < 1.29 is 14.8 Å². The van der Waals surface area contributed by atoms with E-state index in [1.165, 1.54) is 5.56 Å². The van der Waals surface area contributed by atoms with E-state index >= 15 is 0 Å². The third-order valence-corrected chi connectivity index (χ3v) is 4.25. The van der Waals surface area contributed by atoms with Gasteiger partial charge < -0.3 is 21.1 Å². The molecule has 154 valence electrons. The van der Waals surface area contributed by atoms with Gasteiger partial charge in [0.2, 0.25) is 5.91 Å². The number of amides is 1. The SMILES string of the molecule is Cl.NC(CCCCB(O)O)c1nnnn1CCC(=O)NCCc1ccccc1. The van der Waals surface area contributed by atoms with Gasteiger partial charge in [0.25, 0.3) is 0 Å². The summed E-state index contributed by atoms with van der Waals surface area (Å²) < 4.78 is 1.56. The molecule has 0 radical (unpaired) electrons. The number of tetrazole rings is 1. The maximum atomic E-state index is 12.0. The number of rotatable bonds is 12. The van der Waals surface area contributed by atoms with Crippen LogP contribution >= 0.6 is 12.4 Å². The minimum atomic E-state index is -1.29. The molecule has 0 aliphatic heterocycles. The number of aromatic nitrogens is 4. The smallest absolute Gasteiger partial charge is 0.427 e. The molecule has 1 unspecified atom stereocenters. The normalized spacial score (nSPS) is 11.5. The molecular formula is C17H28BClN6O3. The van der Waals surface area contributed by atoms with Crippen LogP contribution in [0.3, 0.4) is 0 Å². The Kier molecular flexibility index (Phi) is 11.3. The second-order valence-corrected chi connectivity index (χ2v) is 6.47. The molecule has 28 heavy (non-hydrogen) atoms. The summed E-state index contributed by atoms with van der Waals surface area (Å²) in [6.07, 6.45) is 3.42. The standard InChI is InChI=1S/C17H27BN6O3.ClH/c19-15(8-4-5-11-18(26)27)17-21-22-23-24(17)13-10-16(25)20-12-9-14-6-2-1-3-7-14;/h1-3,6-7,15,26-27H,4-5,8-13,19H2,(H,20,25);1H. The van der Waals surface area contributed by atoms with Crippen molar-refractivity contribution in [3.8, 4) is 0 Å². The van der Waals surface area contributed by atoms with Crippen LogP contribution < -0.4 is 11.1 Å². The first-order valence-corrected chi connectivity index (χ1v) is 9.24. The summed E-state index contributed by atoms with van der Waals surface area (Å²) in [7, 11) is -1.29. The average Bonchev–Trinajstić information content (AvgIpc) is 3.13. The van der Waals surface area contributed by atoms with E-state index in [1.807, 2.05) is 30.3 Å². The molecule has 0 bridgehead atoms. The zero-order valence-electron chi connectivity index (χ0n) is 15.8. The Morgan fingerprint density at radius 2 is 2.00 bits per heavy atom. The Hall–Kier alpha value is -2.01. The first-order chi connectivity index (χ1) is 13.1. The number of benzene rings is 1. The van der Waals surface area contributed by atoms with Crippen LogP contribution in [0.15, 0.2) is 30.3 Å². The van der Waals surface area contributed by atoms with Crippen molar-refractivity contribution in [3.63, 3.8) is 0 Å². The number of nitrogens with one attached hydrogen (secondary N) is 1. The molecule has 1 aromatic heterocycles. The van der Waals surface area contributed by atoms with Crippen molar-refractivity contribution in [2.45, 2.75) is 51.0 Å². The highest BCUT2D eigenvalue weighted by Gasteiger charge is 2.16. The number of unbranched alkanes of at least 4 members (excludes halogenated alkanes) is 1. The van der Waals surface area contributed by atoms with Gasteiger partial charge in [-0.05, 0) is 35.2 Å². The highest BCUT2D eigenvalue weighted by molar-refractivity contribution is 6.40. The number of nitrogens with zero attached hydrogens (tertiary/aromatic N) is 4. The first kappa shape index (κ1) is 24.0. The number of carbonyl (C=O) groups excluding carboxylic acids is 1. The van der Waals surface area contributed by atoms with Crippen LogP contribution in [0.5, 0.6) is 0 Å². The van der Waals surface area contributed by atoms with Crippen molar-refractivity contribution in [1.82, 2.24) is 25.5 Å². The fraction of sp³-hybridized carbons (Fsp3) is 0.529. The summed E-state index contributed by atoms with van der Waals surface area (Å²) in [5.41, 5.74) is 7.30. The fourth-order valence-corrected chi connectivity index (χ4v) is 2.74. The molecular weight excluding hydrogens is 382 g/mol. The Morgan fingerprint density at radius 1 is 1.25 bits per heavy atom. The van der Waals surface area contributed by atoms with Crippen LogP contribution in [-0.4, -0.2) is 49.8 Å². The highest BCUT2D eigenvalue weighted by atomic mass is 35.5. The van der Waals surface area contributed by atoms with Crippen LogP contribution in [0.4, 0.5) is 0 Å². The molecule has 2 aromatic rings. The Morgan fingerprint density at radius 3 is 2.71 bits per heavy atom. The van der Waals surface area contributed by atoms with E-state index in [2.05, 4.69) is 20.8 Å². The van der Waals surface area contributed by atoms with Crippen LogP contribution in [0, 0.1) is 0 Å². The van der Waals surface area contributed by atoms with E-state index in [9.17, 15) is 4.79 Å². The quantitative estimate of drug-likeness (QED) is 0.295. The molecule has 0 saturated heterocycles. The van der Waals surface area contributed by atoms with Gasteiger partial charge in [-0.25, -0.2) is 4.68 Å². The number of halogens is 1.